The van der Waals surface area contributed by atoms with Crippen LogP contribution in [0, 0.1) is 0 Å². The van der Waals surface area contributed by atoms with Crippen LogP contribution in [0.1, 0.15) is 18.9 Å². The van der Waals surface area contributed by atoms with Gasteiger partial charge in [-0.1, -0.05) is 23.7 Å². The SMILES string of the molecule is CCNC(=NCc1cccc(OC(F)F)c1)NC1CCN(c2ncccc2Cl)C1. The lowest BCUT2D eigenvalue weighted by molar-refractivity contribution is -0.0498. The van der Waals surface area contributed by atoms with E-state index < -0.39 is 6.61 Å². The van der Waals surface area contributed by atoms with Gasteiger partial charge in [-0.3, -0.25) is 0 Å². The number of anilines is 1. The zero-order chi connectivity index (χ0) is 20.6. The summed E-state index contributed by atoms with van der Waals surface area (Å²) in [5.41, 5.74) is 0.786. The first-order valence-corrected chi connectivity index (χ1v) is 9.87. The van der Waals surface area contributed by atoms with E-state index in [0.717, 1.165) is 30.9 Å². The topological polar surface area (TPSA) is 61.8 Å². The second-order valence-corrected chi connectivity index (χ2v) is 7.01. The third-order valence-electron chi connectivity index (χ3n) is 4.46. The van der Waals surface area contributed by atoms with Crippen LogP contribution in [0.2, 0.25) is 5.02 Å². The lowest BCUT2D eigenvalue weighted by Gasteiger charge is -2.20. The van der Waals surface area contributed by atoms with Gasteiger partial charge < -0.3 is 20.3 Å². The van der Waals surface area contributed by atoms with E-state index in [1.54, 1.807) is 18.3 Å². The standard InChI is InChI=1S/C20H24ClF2N5O/c1-2-24-20(26-12-14-5-3-6-16(11-14)29-19(22)23)27-15-8-10-28(13-15)18-17(21)7-4-9-25-18/h3-7,9,11,15,19H,2,8,10,12-13H2,1H3,(H2,24,26,27). The quantitative estimate of drug-likeness (QED) is 0.525. The molecule has 0 radical (unpaired) electrons. The highest BCUT2D eigenvalue weighted by atomic mass is 35.5. The summed E-state index contributed by atoms with van der Waals surface area (Å²) in [5.74, 6) is 1.59. The molecule has 0 aliphatic carbocycles. The van der Waals surface area contributed by atoms with E-state index in [4.69, 9.17) is 11.6 Å². The fourth-order valence-electron chi connectivity index (χ4n) is 3.18. The highest BCUT2D eigenvalue weighted by Gasteiger charge is 2.25. The smallest absolute Gasteiger partial charge is 0.387 e. The van der Waals surface area contributed by atoms with Gasteiger partial charge in [-0.2, -0.15) is 8.78 Å². The van der Waals surface area contributed by atoms with Gasteiger partial charge >= 0.3 is 6.61 Å². The zero-order valence-corrected chi connectivity index (χ0v) is 16.9. The number of guanidine groups is 1. The summed E-state index contributed by atoms with van der Waals surface area (Å²) in [4.78, 5) is 11.1. The fraction of sp³-hybridized carbons (Fsp3) is 0.400. The predicted octanol–water partition coefficient (Wildman–Crippen LogP) is 3.67. The van der Waals surface area contributed by atoms with Gasteiger partial charge in [0.25, 0.3) is 0 Å². The van der Waals surface area contributed by atoms with Crippen molar-refractivity contribution in [3.05, 3.63) is 53.2 Å². The van der Waals surface area contributed by atoms with Crippen molar-refractivity contribution in [2.45, 2.75) is 32.5 Å². The number of nitrogens with zero attached hydrogens (tertiary/aromatic N) is 3. The maximum atomic E-state index is 12.4. The first-order valence-electron chi connectivity index (χ1n) is 9.49. The number of aliphatic imine (C=N–C) groups is 1. The first kappa shape index (κ1) is 21.1. The molecule has 29 heavy (non-hydrogen) atoms. The van der Waals surface area contributed by atoms with Crippen molar-refractivity contribution >= 4 is 23.4 Å². The second kappa shape index (κ2) is 10.2. The minimum atomic E-state index is -2.84. The summed E-state index contributed by atoms with van der Waals surface area (Å²) in [6, 6.07) is 10.4. The summed E-state index contributed by atoms with van der Waals surface area (Å²) in [7, 11) is 0. The first-order chi connectivity index (χ1) is 14.0. The molecule has 6 nitrogen and oxygen atoms in total. The van der Waals surface area contributed by atoms with E-state index >= 15 is 0 Å². The Morgan fingerprint density at radius 1 is 1.38 bits per heavy atom. The largest absolute Gasteiger partial charge is 0.435 e. The van der Waals surface area contributed by atoms with Gasteiger partial charge in [0.05, 0.1) is 11.6 Å². The third kappa shape index (κ3) is 6.19. The molecule has 0 amide bonds. The number of ether oxygens (including phenoxy) is 1. The van der Waals surface area contributed by atoms with Crippen molar-refractivity contribution in [1.82, 2.24) is 15.6 Å². The van der Waals surface area contributed by atoms with E-state index in [1.807, 2.05) is 25.1 Å². The number of rotatable bonds is 7. The Morgan fingerprint density at radius 3 is 3.00 bits per heavy atom. The molecule has 1 aliphatic heterocycles. The fourth-order valence-corrected chi connectivity index (χ4v) is 3.43. The molecule has 2 N–H and O–H groups in total. The van der Waals surface area contributed by atoms with Gasteiger partial charge in [0, 0.05) is 31.9 Å². The van der Waals surface area contributed by atoms with Crippen LogP contribution in [-0.2, 0) is 6.54 Å². The minimum absolute atomic E-state index is 0.129. The van der Waals surface area contributed by atoms with Crippen molar-refractivity contribution in [2.24, 2.45) is 4.99 Å². The summed E-state index contributed by atoms with van der Waals surface area (Å²) >= 11 is 6.25. The minimum Gasteiger partial charge on any atom is -0.435 e. The molecule has 2 heterocycles. The number of benzene rings is 1. The molecule has 0 saturated carbocycles. The summed E-state index contributed by atoms with van der Waals surface area (Å²) in [6.07, 6.45) is 2.66. The lowest BCUT2D eigenvalue weighted by Crippen LogP contribution is -2.44. The number of alkyl halides is 2. The molecule has 156 valence electrons. The average molecular weight is 424 g/mol. The zero-order valence-electron chi connectivity index (χ0n) is 16.1. The highest BCUT2D eigenvalue weighted by molar-refractivity contribution is 6.32. The number of nitrogens with one attached hydrogen (secondary N) is 2. The molecular weight excluding hydrogens is 400 g/mol. The van der Waals surface area contributed by atoms with Crippen molar-refractivity contribution in [2.75, 3.05) is 24.5 Å². The third-order valence-corrected chi connectivity index (χ3v) is 4.75. The Kier molecular flexibility index (Phi) is 7.46. The molecule has 0 spiro atoms. The molecule has 1 atom stereocenters. The van der Waals surface area contributed by atoms with Crippen LogP contribution in [0.3, 0.4) is 0 Å². The van der Waals surface area contributed by atoms with Crippen LogP contribution in [0.25, 0.3) is 0 Å². The highest BCUT2D eigenvalue weighted by Crippen LogP contribution is 2.25. The lowest BCUT2D eigenvalue weighted by atomic mass is 10.2. The van der Waals surface area contributed by atoms with E-state index in [2.05, 4.69) is 30.2 Å². The predicted molar refractivity (Wildman–Crippen MR) is 111 cm³/mol. The van der Waals surface area contributed by atoms with Crippen LogP contribution in [-0.4, -0.2) is 43.2 Å². The molecule has 1 saturated heterocycles. The van der Waals surface area contributed by atoms with Crippen LogP contribution in [0.4, 0.5) is 14.6 Å². The summed E-state index contributed by atoms with van der Waals surface area (Å²) in [6.45, 7) is 1.81. The summed E-state index contributed by atoms with van der Waals surface area (Å²) < 4.78 is 29.2. The Hall–Kier alpha value is -2.61. The molecule has 3 rings (SSSR count). The van der Waals surface area contributed by atoms with Crippen molar-refractivity contribution < 1.29 is 13.5 Å². The van der Waals surface area contributed by atoms with Gasteiger partial charge in [0.1, 0.15) is 11.6 Å². The van der Waals surface area contributed by atoms with Gasteiger partial charge in [0.15, 0.2) is 5.96 Å². The molecule has 1 aromatic heterocycles. The number of pyridine rings is 1. The van der Waals surface area contributed by atoms with Crippen molar-refractivity contribution in [1.29, 1.82) is 0 Å². The Morgan fingerprint density at radius 2 is 2.24 bits per heavy atom. The van der Waals surface area contributed by atoms with E-state index in [9.17, 15) is 8.78 Å². The van der Waals surface area contributed by atoms with Crippen LogP contribution >= 0.6 is 11.6 Å². The Labute approximate surface area is 173 Å². The second-order valence-electron chi connectivity index (χ2n) is 6.61. The molecule has 1 aromatic carbocycles. The maximum Gasteiger partial charge on any atom is 0.387 e. The van der Waals surface area contributed by atoms with Crippen LogP contribution in [0.15, 0.2) is 47.6 Å². The van der Waals surface area contributed by atoms with E-state index in [1.165, 1.54) is 6.07 Å². The normalized spacial score (nSPS) is 16.9. The van der Waals surface area contributed by atoms with Crippen molar-refractivity contribution in [3.8, 4) is 5.75 Å². The van der Waals surface area contributed by atoms with Crippen LogP contribution in [0.5, 0.6) is 5.75 Å². The number of hydrogen-bond donors (Lipinski definition) is 2. The average Bonchev–Trinajstić information content (AvgIpc) is 3.15. The number of halogens is 3. The molecule has 1 fully saturated rings. The van der Waals surface area contributed by atoms with Crippen molar-refractivity contribution in [3.63, 3.8) is 0 Å². The van der Waals surface area contributed by atoms with Gasteiger partial charge in [-0.25, -0.2) is 9.98 Å². The molecular formula is C20H24ClF2N5O. The molecule has 2 aromatic rings. The molecule has 1 aliphatic rings. The summed E-state index contributed by atoms with van der Waals surface area (Å²) in [5, 5.41) is 7.29. The van der Waals surface area contributed by atoms with Crippen LogP contribution < -0.4 is 20.3 Å². The van der Waals surface area contributed by atoms with E-state index in [-0.39, 0.29) is 11.8 Å². The Bertz CT molecular complexity index is 836. The number of aromatic nitrogens is 1. The van der Waals surface area contributed by atoms with Gasteiger partial charge in [-0.05, 0) is 43.2 Å². The monoisotopic (exact) mass is 423 g/mol. The molecule has 9 heteroatoms. The Balaban J connectivity index is 1.61. The molecule has 0 bridgehead atoms. The van der Waals surface area contributed by atoms with E-state index in [0.29, 0.717) is 24.1 Å². The number of hydrogen-bond acceptors (Lipinski definition) is 4. The molecule has 1 unspecified atom stereocenters. The maximum absolute atomic E-state index is 12.4. The van der Waals surface area contributed by atoms with Gasteiger partial charge in [-0.15, -0.1) is 0 Å². The van der Waals surface area contributed by atoms with Gasteiger partial charge in [0.2, 0.25) is 0 Å².